The van der Waals surface area contributed by atoms with Gasteiger partial charge in [-0.25, -0.2) is 0 Å². The number of aromatic nitrogens is 1. The second-order valence-corrected chi connectivity index (χ2v) is 6.35. The third-order valence-corrected chi connectivity index (χ3v) is 3.88. The van der Waals surface area contributed by atoms with Crippen LogP contribution in [0.2, 0.25) is 0 Å². The molecule has 1 aromatic carbocycles. The van der Waals surface area contributed by atoms with Crippen LogP contribution in [0.1, 0.15) is 18.1 Å². The Balaban J connectivity index is 1.83. The van der Waals surface area contributed by atoms with Crippen molar-refractivity contribution in [1.82, 2.24) is 9.88 Å². The maximum absolute atomic E-state index is 11.8. The number of halogens is 1. The summed E-state index contributed by atoms with van der Waals surface area (Å²) in [6, 6.07) is 12.2. The molecule has 0 saturated heterocycles. The Morgan fingerprint density at radius 2 is 2.10 bits per heavy atom. The van der Waals surface area contributed by atoms with Crippen molar-refractivity contribution in [3.8, 4) is 0 Å². The van der Waals surface area contributed by atoms with Crippen LogP contribution in [0.3, 0.4) is 0 Å². The molecule has 0 radical (unpaired) electrons. The van der Waals surface area contributed by atoms with Crippen molar-refractivity contribution < 1.29 is 0 Å². The Kier molecular flexibility index (Phi) is 5.76. The molecular formula is C17H21BrN2O. The highest BCUT2D eigenvalue weighted by Crippen LogP contribution is 2.06. The van der Waals surface area contributed by atoms with Crippen molar-refractivity contribution in [2.75, 3.05) is 6.54 Å². The van der Waals surface area contributed by atoms with Crippen molar-refractivity contribution >= 4 is 15.9 Å². The largest absolute Gasteiger partial charge is 0.313 e. The molecule has 0 aliphatic heterocycles. The standard InChI is InChI=1S/C17H21BrN2O/c1-13-4-3-5-15(10-13)8-9-19-14(2)11-20-12-16(18)6-7-17(20)21/h3-7,10,12,14,19H,8-9,11H2,1-2H3. The average molecular weight is 349 g/mol. The maximum atomic E-state index is 11.8. The number of hydrogen-bond donors (Lipinski definition) is 1. The lowest BCUT2D eigenvalue weighted by Crippen LogP contribution is -2.35. The minimum absolute atomic E-state index is 0.0329. The smallest absolute Gasteiger partial charge is 0.250 e. The van der Waals surface area contributed by atoms with Crippen molar-refractivity contribution in [2.45, 2.75) is 32.9 Å². The molecule has 0 amide bonds. The van der Waals surface area contributed by atoms with Crippen LogP contribution in [0.5, 0.6) is 0 Å². The van der Waals surface area contributed by atoms with Crippen LogP contribution in [-0.2, 0) is 13.0 Å². The third kappa shape index (κ3) is 5.14. The van der Waals surface area contributed by atoms with E-state index in [-0.39, 0.29) is 11.6 Å². The van der Waals surface area contributed by atoms with Crippen LogP contribution >= 0.6 is 15.9 Å². The van der Waals surface area contributed by atoms with Gasteiger partial charge < -0.3 is 9.88 Å². The summed E-state index contributed by atoms with van der Waals surface area (Å²) in [4.78, 5) is 11.8. The zero-order chi connectivity index (χ0) is 15.2. The molecule has 3 nitrogen and oxygen atoms in total. The lowest BCUT2D eigenvalue weighted by molar-refractivity contribution is 0.472. The first-order valence-corrected chi connectivity index (χ1v) is 7.99. The molecule has 0 aliphatic carbocycles. The molecule has 1 unspecified atom stereocenters. The van der Waals surface area contributed by atoms with Gasteiger partial charge in [-0.05, 0) is 54.4 Å². The van der Waals surface area contributed by atoms with E-state index in [1.807, 2.05) is 6.20 Å². The number of nitrogens with one attached hydrogen (secondary N) is 1. The molecule has 0 fully saturated rings. The first kappa shape index (κ1) is 16.0. The monoisotopic (exact) mass is 348 g/mol. The van der Waals surface area contributed by atoms with Crippen LogP contribution in [0, 0.1) is 6.92 Å². The molecule has 1 N–H and O–H groups in total. The van der Waals surface area contributed by atoms with E-state index >= 15 is 0 Å². The van der Waals surface area contributed by atoms with Gasteiger partial charge in [0.1, 0.15) is 0 Å². The lowest BCUT2D eigenvalue weighted by atomic mass is 10.1. The van der Waals surface area contributed by atoms with Gasteiger partial charge in [-0.15, -0.1) is 0 Å². The summed E-state index contributed by atoms with van der Waals surface area (Å²) in [5.41, 5.74) is 2.67. The normalized spacial score (nSPS) is 12.3. The molecule has 1 atom stereocenters. The fourth-order valence-electron chi connectivity index (χ4n) is 2.33. The average Bonchev–Trinajstić information content (AvgIpc) is 2.43. The molecule has 1 heterocycles. The van der Waals surface area contributed by atoms with E-state index in [1.165, 1.54) is 11.1 Å². The summed E-state index contributed by atoms with van der Waals surface area (Å²) in [6.45, 7) is 5.79. The van der Waals surface area contributed by atoms with Crippen LogP contribution in [0.25, 0.3) is 0 Å². The van der Waals surface area contributed by atoms with Gasteiger partial charge in [-0.1, -0.05) is 29.8 Å². The molecule has 2 rings (SSSR count). The molecule has 0 aliphatic rings. The number of benzene rings is 1. The van der Waals surface area contributed by atoms with Gasteiger partial charge in [-0.2, -0.15) is 0 Å². The Morgan fingerprint density at radius 3 is 2.86 bits per heavy atom. The highest BCUT2D eigenvalue weighted by Gasteiger charge is 2.04. The molecule has 21 heavy (non-hydrogen) atoms. The highest BCUT2D eigenvalue weighted by atomic mass is 79.9. The first-order chi connectivity index (χ1) is 10.0. The fraction of sp³-hybridized carbons (Fsp3) is 0.353. The van der Waals surface area contributed by atoms with E-state index < -0.39 is 0 Å². The molecule has 2 aromatic rings. The van der Waals surface area contributed by atoms with E-state index in [4.69, 9.17) is 0 Å². The van der Waals surface area contributed by atoms with E-state index in [0.717, 1.165) is 17.4 Å². The number of nitrogens with zero attached hydrogens (tertiary/aromatic N) is 1. The van der Waals surface area contributed by atoms with Crippen molar-refractivity contribution in [1.29, 1.82) is 0 Å². The Labute approximate surface area is 134 Å². The second kappa shape index (κ2) is 7.57. The quantitative estimate of drug-likeness (QED) is 0.869. The molecule has 1 aromatic heterocycles. The molecule has 0 bridgehead atoms. The summed E-state index contributed by atoms with van der Waals surface area (Å²) in [5, 5.41) is 3.47. The van der Waals surface area contributed by atoms with E-state index in [0.29, 0.717) is 6.54 Å². The summed E-state index contributed by atoms with van der Waals surface area (Å²) in [7, 11) is 0. The second-order valence-electron chi connectivity index (χ2n) is 5.43. The summed E-state index contributed by atoms with van der Waals surface area (Å²) >= 11 is 3.40. The Hall–Kier alpha value is -1.39. The first-order valence-electron chi connectivity index (χ1n) is 7.19. The van der Waals surface area contributed by atoms with Gasteiger partial charge in [0.2, 0.25) is 0 Å². The van der Waals surface area contributed by atoms with Gasteiger partial charge in [0.05, 0.1) is 0 Å². The van der Waals surface area contributed by atoms with E-state index in [2.05, 4.69) is 59.4 Å². The molecule has 112 valence electrons. The molecule has 4 heteroatoms. The zero-order valence-corrected chi connectivity index (χ0v) is 14.1. The number of hydrogen-bond acceptors (Lipinski definition) is 2. The Morgan fingerprint density at radius 1 is 1.29 bits per heavy atom. The minimum atomic E-state index is 0.0329. The van der Waals surface area contributed by atoms with Crippen molar-refractivity contribution in [3.63, 3.8) is 0 Å². The number of aryl methyl sites for hydroxylation is 1. The molecular weight excluding hydrogens is 328 g/mol. The third-order valence-electron chi connectivity index (χ3n) is 3.41. The predicted molar refractivity (Wildman–Crippen MR) is 90.7 cm³/mol. The molecule has 0 saturated carbocycles. The fourth-order valence-corrected chi connectivity index (χ4v) is 2.71. The summed E-state index contributed by atoms with van der Waals surface area (Å²) < 4.78 is 2.66. The van der Waals surface area contributed by atoms with Gasteiger partial charge >= 0.3 is 0 Å². The van der Waals surface area contributed by atoms with Crippen LogP contribution in [-0.4, -0.2) is 17.2 Å². The van der Waals surface area contributed by atoms with Crippen LogP contribution in [0.15, 0.2) is 51.9 Å². The van der Waals surface area contributed by atoms with Gasteiger partial charge in [0.25, 0.3) is 5.56 Å². The van der Waals surface area contributed by atoms with E-state index in [1.54, 1.807) is 16.7 Å². The van der Waals surface area contributed by atoms with Crippen molar-refractivity contribution in [2.24, 2.45) is 0 Å². The van der Waals surface area contributed by atoms with Crippen molar-refractivity contribution in [3.05, 3.63) is 68.5 Å². The van der Waals surface area contributed by atoms with Gasteiger partial charge in [0.15, 0.2) is 0 Å². The van der Waals surface area contributed by atoms with Gasteiger partial charge in [0, 0.05) is 29.3 Å². The SMILES string of the molecule is Cc1cccc(CCNC(C)Cn2cc(Br)ccc2=O)c1. The predicted octanol–water partition coefficient (Wildman–Crippen LogP) is 3.14. The minimum Gasteiger partial charge on any atom is -0.313 e. The summed E-state index contributed by atoms with van der Waals surface area (Å²) in [6.07, 6.45) is 2.83. The maximum Gasteiger partial charge on any atom is 0.250 e. The highest BCUT2D eigenvalue weighted by molar-refractivity contribution is 9.10. The summed E-state index contributed by atoms with van der Waals surface area (Å²) in [5.74, 6) is 0. The van der Waals surface area contributed by atoms with Crippen LogP contribution in [0.4, 0.5) is 0 Å². The van der Waals surface area contributed by atoms with Gasteiger partial charge in [-0.3, -0.25) is 4.79 Å². The lowest BCUT2D eigenvalue weighted by Gasteiger charge is -2.15. The Bertz CT molecular complexity index is 651. The topological polar surface area (TPSA) is 34.0 Å². The van der Waals surface area contributed by atoms with E-state index in [9.17, 15) is 4.79 Å². The molecule has 0 spiro atoms. The number of pyridine rings is 1. The number of rotatable bonds is 6. The zero-order valence-electron chi connectivity index (χ0n) is 12.5. The van der Waals surface area contributed by atoms with Crippen LogP contribution < -0.4 is 10.9 Å².